The molecule has 3 rings (SSSR count). The molecule has 0 aliphatic carbocycles. The Kier molecular flexibility index (Phi) is 5.50. The van der Waals surface area contributed by atoms with Crippen LogP contribution in [-0.2, 0) is 11.3 Å². The van der Waals surface area contributed by atoms with Crippen LogP contribution in [0.4, 0.5) is 11.4 Å². The van der Waals surface area contributed by atoms with E-state index in [9.17, 15) is 4.79 Å². The van der Waals surface area contributed by atoms with Gasteiger partial charge in [0.1, 0.15) is 0 Å². The zero-order valence-electron chi connectivity index (χ0n) is 13.3. The van der Waals surface area contributed by atoms with Crippen molar-refractivity contribution >= 4 is 33.2 Å². The minimum atomic E-state index is -0.133. The molecule has 24 heavy (non-hydrogen) atoms. The van der Waals surface area contributed by atoms with E-state index >= 15 is 0 Å². The first-order chi connectivity index (χ1) is 11.7. The number of anilines is 2. The highest BCUT2D eigenvalue weighted by molar-refractivity contribution is 9.10. The lowest BCUT2D eigenvalue weighted by Gasteiger charge is -2.30. The van der Waals surface area contributed by atoms with Crippen molar-refractivity contribution in [3.05, 3.63) is 58.1 Å². The maximum absolute atomic E-state index is 12.6. The smallest absolute Gasteiger partial charge is 0.255 e. The van der Waals surface area contributed by atoms with Crippen LogP contribution in [0.25, 0.3) is 0 Å². The Balaban J connectivity index is 1.82. The van der Waals surface area contributed by atoms with Gasteiger partial charge in [-0.1, -0.05) is 28.1 Å². The summed E-state index contributed by atoms with van der Waals surface area (Å²) in [4.78, 5) is 14.8. The number of halogens is 1. The number of carbonyl (C=O) groups excluding carboxylic acids is 1. The van der Waals surface area contributed by atoms with Gasteiger partial charge in [-0.15, -0.1) is 0 Å². The van der Waals surface area contributed by atoms with Gasteiger partial charge in [-0.25, -0.2) is 0 Å². The summed E-state index contributed by atoms with van der Waals surface area (Å²) in [5, 5.41) is 3.02. The van der Waals surface area contributed by atoms with Gasteiger partial charge in [0.05, 0.1) is 24.6 Å². The standard InChI is InChI=1S/C18H20BrN3O2/c19-15-5-6-17(22-7-9-24-10-8-22)16(11-15)21-18(23)14-3-1-13(12-20)2-4-14/h1-6,11H,7-10,12,20H2,(H,21,23). The van der Waals surface area contributed by atoms with Crippen molar-refractivity contribution < 1.29 is 9.53 Å². The fourth-order valence-electron chi connectivity index (χ4n) is 2.68. The van der Waals surface area contributed by atoms with Crippen LogP contribution in [0.3, 0.4) is 0 Å². The number of nitrogens with two attached hydrogens (primary N) is 1. The molecule has 0 saturated carbocycles. The number of benzene rings is 2. The van der Waals surface area contributed by atoms with E-state index in [-0.39, 0.29) is 5.91 Å². The number of hydrogen-bond acceptors (Lipinski definition) is 4. The number of nitrogens with zero attached hydrogens (tertiary/aromatic N) is 1. The Bertz CT molecular complexity index is 713. The van der Waals surface area contributed by atoms with Gasteiger partial charge in [-0.3, -0.25) is 4.79 Å². The van der Waals surface area contributed by atoms with E-state index in [2.05, 4.69) is 26.1 Å². The van der Waals surface area contributed by atoms with Gasteiger partial charge in [0.2, 0.25) is 0 Å². The number of rotatable bonds is 4. The van der Waals surface area contributed by atoms with Crippen molar-refractivity contribution in [1.29, 1.82) is 0 Å². The third-order valence-electron chi connectivity index (χ3n) is 4.01. The number of ether oxygens (including phenoxy) is 1. The summed E-state index contributed by atoms with van der Waals surface area (Å²) < 4.78 is 6.33. The molecule has 2 aromatic carbocycles. The number of morpholine rings is 1. The first-order valence-electron chi connectivity index (χ1n) is 7.90. The molecule has 0 atom stereocenters. The lowest BCUT2D eigenvalue weighted by Crippen LogP contribution is -2.36. The number of carbonyl (C=O) groups is 1. The Morgan fingerprint density at radius 3 is 2.54 bits per heavy atom. The SMILES string of the molecule is NCc1ccc(C(=O)Nc2cc(Br)ccc2N2CCOCC2)cc1. The predicted octanol–water partition coefficient (Wildman–Crippen LogP) is 3.00. The van der Waals surface area contributed by atoms with Crippen LogP contribution < -0.4 is 16.0 Å². The number of nitrogens with one attached hydrogen (secondary N) is 1. The Hall–Kier alpha value is -1.89. The second-order valence-electron chi connectivity index (χ2n) is 5.62. The van der Waals surface area contributed by atoms with Crippen LogP contribution in [-0.4, -0.2) is 32.2 Å². The molecule has 6 heteroatoms. The summed E-state index contributed by atoms with van der Waals surface area (Å²) in [5.74, 6) is -0.133. The highest BCUT2D eigenvalue weighted by Crippen LogP contribution is 2.30. The normalized spacial score (nSPS) is 14.5. The molecule has 1 aliphatic rings. The fourth-order valence-corrected chi connectivity index (χ4v) is 3.04. The van der Waals surface area contributed by atoms with Crippen LogP contribution in [0.1, 0.15) is 15.9 Å². The van der Waals surface area contributed by atoms with Gasteiger partial charge in [0.25, 0.3) is 5.91 Å². The monoisotopic (exact) mass is 389 g/mol. The molecule has 3 N–H and O–H groups in total. The lowest BCUT2D eigenvalue weighted by atomic mass is 10.1. The summed E-state index contributed by atoms with van der Waals surface area (Å²) >= 11 is 3.48. The second kappa shape index (κ2) is 7.79. The van der Waals surface area contributed by atoms with E-state index in [1.54, 1.807) is 12.1 Å². The fraction of sp³-hybridized carbons (Fsp3) is 0.278. The Labute approximate surface area is 149 Å². The Morgan fingerprint density at radius 1 is 1.17 bits per heavy atom. The summed E-state index contributed by atoms with van der Waals surface area (Å²) in [6.45, 7) is 3.49. The van der Waals surface area contributed by atoms with Crippen molar-refractivity contribution in [2.75, 3.05) is 36.5 Å². The second-order valence-corrected chi connectivity index (χ2v) is 6.53. The van der Waals surface area contributed by atoms with E-state index in [4.69, 9.17) is 10.5 Å². The van der Waals surface area contributed by atoms with E-state index in [0.717, 1.165) is 34.5 Å². The third-order valence-corrected chi connectivity index (χ3v) is 4.50. The first kappa shape index (κ1) is 17.0. The van der Waals surface area contributed by atoms with Crippen LogP contribution in [0, 0.1) is 0 Å². The van der Waals surface area contributed by atoms with Crippen LogP contribution in [0.2, 0.25) is 0 Å². The molecular weight excluding hydrogens is 370 g/mol. The zero-order valence-corrected chi connectivity index (χ0v) is 14.9. The number of amides is 1. The molecule has 0 unspecified atom stereocenters. The highest BCUT2D eigenvalue weighted by Gasteiger charge is 2.17. The molecule has 5 nitrogen and oxygen atoms in total. The summed E-state index contributed by atoms with van der Waals surface area (Å²) in [6.07, 6.45) is 0. The number of hydrogen-bond donors (Lipinski definition) is 2. The van der Waals surface area contributed by atoms with E-state index in [1.165, 1.54) is 0 Å². The van der Waals surface area contributed by atoms with Gasteiger partial charge < -0.3 is 20.7 Å². The van der Waals surface area contributed by atoms with Crippen LogP contribution in [0.5, 0.6) is 0 Å². The highest BCUT2D eigenvalue weighted by atomic mass is 79.9. The van der Waals surface area contributed by atoms with Crippen molar-refractivity contribution in [3.63, 3.8) is 0 Å². The first-order valence-corrected chi connectivity index (χ1v) is 8.69. The molecule has 1 saturated heterocycles. The average molecular weight is 390 g/mol. The van der Waals surface area contributed by atoms with Gasteiger partial charge >= 0.3 is 0 Å². The molecular formula is C18H20BrN3O2. The lowest BCUT2D eigenvalue weighted by molar-refractivity contribution is 0.102. The Morgan fingerprint density at radius 2 is 1.88 bits per heavy atom. The van der Waals surface area contributed by atoms with Gasteiger partial charge in [-0.05, 0) is 35.9 Å². The van der Waals surface area contributed by atoms with Gasteiger partial charge in [0.15, 0.2) is 0 Å². The van der Waals surface area contributed by atoms with Gasteiger partial charge in [0, 0.05) is 29.7 Å². The molecule has 1 heterocycles. The summed E-state index contributed by atoms with van der Waals surface area (Å²) in [6, 6.07) is 13.3. The molecule has 1 aliphatic heterocycles. The molecule has 1 amide bonds. The van der Waals surface area contributed by atoms with Crippen LogP contribution >= 0.6 is 15.9 Å². The molecule has 0 spiro atoms. The molecule has 126 valence electrons. The summed E-state index contributed by atoms with van der Waals surface area (Å²) in [5.41, 5.74) is 9.01. The largest absolute Gasteiger partial charge is 0.378 e. The molecule has 0 radical (unpaired) electrons. The zero-order chi connectivity index (χ0) is 16.9. The molecule has 2 aromatic rings. The maximum Gasteiger partial charge on any atom is 0.255 e. The van der Waals surface area contributed by atoms with Crippen LogP contribution in [0.15, 0.2) is 46.9 Å². The third kappa shape index (κ3) is 3.95. The van der Waals surface area contributed by atoms with Crippen molar-refractivity contribution in [3.8, 4) is 0 Å². The van der Waals surface area contributed by atoms with Gasteiger partial charge in [-0.2, -0.15) is 0 Å². The van der Waals surface area contributed by atoms with E-state index in [0.29, 0.717) is 25.3 Å². The topological polar surface area (TPSA) is 67.6 Å². The van der Waals surface area contributed by atoms with E-state index in [1.807, 2.05) is 30.3 Å². The minimum absolute atomic E-state index is 0.133. The van der Waals surface area contributed by atoms with Crippen molar-refractivity contribution in [1.82, 2.24) is 0 Å². The van der Waals surface area contributed by atoms with Crippen molar-refractivity contribution in [2.24, 2.45) is 5.73 Å². The van der Waals surface area contributed by atoms with E-state index < -0.39 is 0 Å². The minimum Gasteiger partial charge on any atom is -0.378 e. The average Bonchev–Trinajstić information content (AvgIpc) is 2.62. The quantitative estimate of drug-likeness (QED) is 0.843. The van der Waals surface area contributed by atoms with Crippen molar-refractivity contribution in [2.45, 2.75) is 6.54 Å². The molecule has 0 aromatic heterocycles. The maximum atomic E-state index is 12.6. The molecule has 0 bridgehead atoms. The molecule has 1 fully saturated rings. The predicted molar refractivity (Wildman–Crippen MR) is 99.5 cm³/mol. The summed E-state index contributed by atoms with van der Waals surface area (Å²) in [7, 11) is 0.